The fourth-order valence-electron chi connectivity index (χ4n) is 7.40. The first kappa shape index (κ1) is 29.4. The zero-order chi connectivity index (χ0) is 26.5. The van der Waals surface area contributed by atoms with Crippen LogP contribution in [0.5, 0.6) is 0 Å². The van der Waals surface area contributed by atoms with Crippen LogP contribution in [0, 0.1) is 23.7 Å². The molecule has 0 radical (unpaired) electrons. The minimum absolute atomic E-state index is 0.00792. The van der Waals surface area contributed by atoms with E-state index in [0.717, 1.165) is 32.5 Å². The lowest BCUT2D eigenvalue weighted by Crippen LogP contribution is -2.69. The molecule has 0 bridgehead atoms. The van der Waals surface area contributed by atoms with Crippen molar-refractivity contribution >= 4 is 35.0 Å². The molecule has 1 saturated carbocycles. The van der Waals surface area contributed by atoms with E-state index in [1.54, 1.807) is 0 Å². The van der Waals surface area contributed by atoms with Crippen LogP contribution < -0.4 is 16.0 Å². The van der Waals surface area contributed by atoms with E-state index in [-0.39, 0.29) is 47.2 Å². The fraction of sp³-hybridized carbons (Fsp3) is 0.929. The largest absolute Gasteiger partial charge is 0.381 e. The quantitative estimate of drug-likeness (QED) is 0.340. The van der Waals surface area contributed by atoms with Gasteiger partial charge in [0.25, 0.3) is 0 Å². The van der Waals surface area contributed by atoms with Gasteiger partial charge in [0.15, 0.2) is 0 Å². The molecule has 0 spiro atoms. The van der Waals surface area contributed by atoms with Gasteiger partial charge in [-0.1, -0.05) is 51.9 Å². The van der Waals surface area contributed by atoms with E-state index in [2.05, 4.69) is 34.8 Å². The first-order valence-electron chi connectivity index (χ1n) is 14.7. The summed E-state index contributed by atoms with van der Waals surface area (Å²) in [6.07, 6.45) is 11.5. The van der Waals surface area contributed by atoms with Crippen molar-refractivity contribution in [3.63, 3.8) is 0 Å². The molecule has 4 aliphatic rings. The second kappa shape index (κ2) is 13.6. The van der Waals surface area contributed by atoms with Gasteiger partial charge in [-0.05, 0) is 45.1 Å². The number of rotatable bonds is 6. The van der Waals surface area contributed by atoms with Crippen LogP contribution in [0.1, 0.15) is 78.1 Å². The maximum Gasteiger partial charge on any atom is 0.238 e. The van der Waals surface area contributed by atoms with Gasteiger partial charge in [-0.2, -0.15) is 0 Å². The van der Waals surface area contributed by atoms with Crippen LogP contribution in [0.4, 0.5) is 0 Å². The van der Waals surface area contributed by atoms with Gasteiger partial charge in [-0.25, -0.2) is 0 Å². The zero-order valence-corrected chi connectivity index (χ0v) is 24.4. The van der Waals surface area contributed by atoms with Crippen LogP contribution >= 0.6 is 23.2 Å². The molecule has 7 nitrogen and oxygen atoms in total. The van der Waals surface area contributed by atoms with E-state index in [0.29, 0.717) is 18.5 Å². The topological polar surface area (TPSA) is 82.7 Å². The lowest BCUT2D eigenvalue weighted by atomic mass is 9.73. The van der Waals surface area contributed by atoms with Crippen molar-refractivity contribution in [1.29, 1.82) is 0 Å². The molecule has 8 unspecified atom stereocenters. The van der Waals surface area contributed by atoms with Crippen molar-refractivity contribution < 1.29 is 14.3 Å². The third-order valence-corrected chi connectivity index (χ3v) is 10.5. The van der Waals surface area contributed by atoms with E-state index in [1.807, 2.05) is 6.92 Å². The Kier molecular flexibility index (Phi) is 10.8. The second-order valence-electron chi connectivity index (χ2n) is 12.1. The summed E-state index contributed by atoms with van der Waals surface area (Å²) in [5.74, 6) is 0.499. The first-order chi connectivity index (χ1) is 17.8. The van der Waals surface area contributed by atoms with Gasteiger partial charge in [0.2, 0.25) is 11.8 Å². The molecule has 3 heterocycles. The van der Waals surface area contributed by atoms with Crippen LogP contribution in [0.25, 0.3) is 0 Å². The van der Waals surface area contributed by atoms with Crippen LogP contribution in [0.3, 0.4) is 0 Å². The lowest BCUT2D eigenvalue weighted by molar-refractivity contribution is -0.130. The van der Waals surface area contributed by atoms with Gasteiger partial charge >= 0.3 is 0 Å². The summed E-state index contributed by atoms with van der Waals surface area (Å²) in [6.45, 7) is 5.95. The maximum absolute atomic E-state index is 13.5. The smallest absolute Gasteiger partial charge is 0.238 e. The highest BCUT2D eigenvalue weighted by Gasteiger charge is 2.51. The highest BCUT2D eigenvalue weighted by atomic mass is 35.5. The molecule has 212 valence electrons. The van der Waals surface area contributed by atoms with Gasteiger partial charge in [0.1, 0.15) is 6.04 Å². The molecule has 8 atom stereocenters. The number of nitrogens with zero attached hydrogens (tertiary/aromatic N) is 1. The number of carbonyl (C=O) groups is 2. The SMILES string of the molecule is CC1CC(C)C(CNC(=O)C2NC(Cl)C(C3CCCCCCC3)C(N(C)C3CCOCC3)C2Cl)C(=O)N1. The standard InChI is InChI=1S/C28H48Cl2N4O3/c1-17-15-18(2)32-27(35)21(17)16-31-28(36)24-23(29)25(34(3)20-11-13-37-14-12-20)22(26(30)33-24)19-9-7-5-4-6-8-10-19/h17-26,33H,4-16H2,1-3H3,(H,31,36)(H,32,35). The Morgan fingerprint density at radius 1 is 1.05 bits per heavy atom. The Morgan fingerprint density at radius 3 is 2.35 bits per heavy atom. The van der Waals surface area contributed by atoms with E-state index in [4.69, 9.17) is 27.9 Å². The summed E-state index contributed by atoms with van der Waals surface area (Å²) in [4.78, 5) is 28.5. The molecule has 0 aromatic heterocycles. The number of halogens is 2. The molecule has 3 N–H and O–H groups in total. The third kappa shape index (κ3) is 7.13. The van der Waals surface area contributed by atoms with Gasteiger partial charge in [-0.3, -0.25) is 19.8 Å². The Balaban J connectivity index is 1.50. The van der Waals surface area contributed by atoms with E-state index in [1.165, 1.54) is 44.9 Å². The summed E-state index contributed by atoms with van der Waals surface area (Å²) in [6, 6.07) is -0.0745. The molecule has 4 rings (SSSR count). The summed E-state index contributed by atoms with van der Waals surface area (Å²) >= 11 is 14.4. The Labute approximate surface area is 233 Å². The average Bonchev–Trinajstić information content (AvgIpc) is 2.84. The summed E-state index contributed by atoms with van der Waals surface area (Å²) < 4.78 is 5.64. The Hall–Kier alpha value is -0.600. The first-order valence-corrected chi connectivity index (χ1v) is 15.6. The molecule has 1 aliphatic carbocycles. The monoisotopic (exact) mass is 558 g/mol. The molecule has 3 saturated heterocycles. The molecule has 2 amide bonds. The summed E-state index contributed by atoms with van der Waals surface area (Å²) in [5, 5.41) is 9.08. The zero-order valence-electron chi connectivity index (χ0n) is 22.9. The molecule has 9 heteroatoms. The van der Waals surface area contributed by atoms with Crippen molar-refractivity contribution in [2.24, 2.45) is 23.7 Å². The predicted octanol–water partition coefficient (Wildman–Crippen LogP) is 3.86. The summed E-state index contributed by atoms with van der Waals surface area (Å²) in [5.41, 5.74) is -0.333. The van der Waals surface area contributed by atoms with Crippen LogP contribution in [0.2, 0.25) is 0 Å². The molecular weight excluding hydrogens is 511 g/mol. The third-order valence-electron chi connectivity index (χ3n) is 9.56. The minimum atomic E-state index is -0.609. The van der Waals surface area contributed by atoms with E-state index >= 15 is 0 Å². The molecular formula is C28H48Cl2N4O3. The maximum atomic E-state index is 13.5. The Morgan fingerprint density at radius 2 is 1.70 bits per heavy atom. The van der Waals surface area contributed by atoms with E-state index in [9.17, 15) is 9.59 Å². The predicted molar refractivity (Wildman–Crippen MR) is 149 cm³/mol. The van der Waals surface area contributed by atoms with Crippen molar-refractivity contribution in [2.75, 3.05) is 26.8 Å². The number of hydrogen-bond acceptors (Lipinski definition) is 5. The Bertz CT molecular complexity index is 760. The number of carbonyl (C=O) groups excluding carboxylic acids is 2. The van der Waals surface area contributed by atoms with Crippen LogP contribution in [-0.4, -0.2) is 78.6 Å². The number of ether oxygens (including phenoxy) is 1. The number of nitrogens with one attached hydrogen (secondary N) is 3. The lowest BCUT2D eigenvalue weighted by Gasteiger charge is -2.52. The number of piperidine rings is 2. The van der Waals surface area contributed by atoms with Gasteiger partial charge in [-0.15, -0.1) is 23.2 Å². The van der Waals surface area contributed by atoms with Crippen molar-refractivity contribution in [1.82, 2.24) is 20.9 Å². The number of hydrogen-bond donors (Lipinski definition) is 3. The molecule has 0 aromatic rings. The molecule has 37 heavy (non-hydrogen) atoms. The molecule has 4 fully saturated rings. The minimum Gasteiger partial charge on any atom is -0.381 e. The fourth-order valence-corrected chi connectivity index (χ4v) is 8.43. The average molecular weight is 560 g/mol. The summed E-state index contributed by atoms with van der Waals surface area (Å²) in [7, 11) is 2.17. The molecule has 3 aliphatic heterocycles. The van der Waals surface area contributed by atoms with Gasteiger partial charge in [0.05, 0.1) is 16.8 Å². The molecule has 0 aromatic carbocycles. The van der Waals surface area contributed by atoms with Crippen LogP contribution in [-0.2, 0) is 14.3 Å². The van der Waals surface area contributed by atoms with Gasteiger partial charge < -0.3 is 15.4 Å². The highest BCUT2D eigenvalue weighted by Crippen LogP contribution is 2.41. The number of alkyl halides is 2. The normalized spacial score (nSPS) is 39.0. The van der Waals surface area contributed by atoms with Gasteiger partial charge in [0, 0.05) is 43.8 Å². The number of amides is 2. The second-order valence-corrected chi connectivity index (χ2v) is 13.1. The van der Waals surface area contributed by atoms with E-state index < -0.39 is 11.4 Å². The highest BCUT2D eigenvalue weighted by molar-refractivity contribution is 6.25. The van der Waals surface area contributed by atoms with Crippen LogP contribution in [0.15, 0.2) is 0 Å². The van der Waals surface area contributed by atoms with Crippen molar-refractivity contribution in [3.05, 3.63) is 0 Å². The van der Waals surface area contributed by atoms with Crippen molar-refractivity contribution in [3.8, 4) is 0 Å². The van der Waals surface area contributed by atoms with Crippen molar-refractivity contribution in [2.45, 2.75) is 113 Å².